The quantitative estimate of drug-likeness (QED) is 0.358. The minimum Gasteiger partial charge on any atom is -0.313 e. The molecule has 0 amide bonds. The van der Waals surface area contributed by atoms with Gasteiger partial charge in [-0.3, -0.25) is 0 Å². The average Bonchev–Trinajstić information content (AvgIpc) is 2.46. The predicted octanol–water partition coefficient (Wildman–Crippen LogP) is 6.08. The molecule has 0 bridgehead atoms. The van der Waals surface area contributed by atoms with Crippen molar-refractivity contribution in [1.29, 1.82) is 0 Å². The smallest absolute Gasteiger partial charge is 0.0317 e. The lowest BCUT2D eigenvalue weighted by atomic mass is 9.99. The van der Waals surface area contributed by atoms with Crippen molar-refractivity contribution in [2.45, 2.75) is 70.8 Å². The predicted molar refractivity (Wildman–Crippen MR) is 98.2 cm³/mol. The van der Waals surface area contributed by atoms with Crippen molar-refractivity contribution in [3.05, 3.63) is 33.4 Å². The van der Waals surface area contributed by atoms with Crippen molar-refractivity contribution >= 4 is 22.6 Å². The minimum absolute atomic E-state index is 0.518. The lowest BCUT2D eigenvalue weighted by molar-refractivity contribution is 0.494. The van der Waals surface area contributed by atoms with Gasteiger partial charge >= 0.3 is 0 Å². The van der Waals surface area contributed by atoms with Crippen molar-refractivity contribution in [3.8, 4) is 0 Å². The van der Waals surface area contributed by atoms with Crippen LogP contribution in [-0.4, -0.2) is 7.05 Å². The fraction of sp³-hybridized carbons (Fsp3) is 0.667. The van der Waals surface area contributed by atoms with Gasteiger partial charge in [0, 0.05) is 9.61 Å². The molecule has 0 radical (unpaired) electrons. The molecule has 0 aliphatic rings. The van der Waals surface area contributed by atoms with E-state index in [1.165, 1.54) is 66.9 Å². The molecule has 0 saturated heterocycles. The summed E-state index contributed by atoms with van der Waals surface area (Å²) < 4.78 is 1.33. The molecule has 0 aromatic heterocycles. The third-order valence-electron chi connectivity index (χ3n) is 3.95. The standard InChI is InChI=1S/C18H30IN/c1-3-4-5-6-7-8-9-10-14-18(20-2)16-12-11-13-17(19)15-16/h11-13,15,18,20H,3-10,14H2,1-2H3. The second-order valence-electron chi connectivity index (χ2n) is 5.66. The highest BCUT2D eigenvalue weighted by Crippen LogP contribution is 2.21. The van der Waals surface area contributed by atoms with Gasteiger partial charge in [-0.25, -0.2) is 0 Å². The Morgan fingerprint density at radius 2 is 1.65 bits per heavy atom. The van der Waals surface area contributed by atoms with E-state index in [-0.39, 0.29) is 0 Å². The van der Waals surface area contributed by atoms with Crippen molar-refractivity contribution in [2.75, 3.05) is 7.05 Å². The van der Waals surface area contributed by atoms with Crippen LogP contribution in [0, 0.1) is 3.57 Å². The van der Waals surface area contributed by atoms with Crippen LogP contribution in [0.4, 0.5) is 0 Å². The second kappa shape index (κ2) is 11.6. The maximum absolute atomic E-state index is 3.46. The topological polar surface area (TPSA) is 12.0 Å². The molecular weight excluding hydrogens is 357 g/mol. The molecule has 0 spiro atoms. The maximum Gasteiger partial charge on any atom is 0.0317 e. The molecule has 1 aromatic rings. The van der Waals surface area contributed by atoms with E-state index in [2.05, 4.69) is 66.1 Å². The molecule has 1 N–H and O–H groups in total. The Morgan fingerprint density at radius 1 is 1.00 bits per heavy atom. The average molecular weight is 387 g/mol. The fourth-order valence-corrected chi connectivity index (χ4v) is 3.25. The molecule has 1 aromatic carbocycles. The number of halogens is 1. The summed E-state index contributed by atoms with van der Waals surface area (Å²) in [4.78, 5) is 0. The van der Waals surface area contributed by atoms with Crippen LogP contribution < -0.4 is 5.32 Å². The zero-order valence-electron chi connectivity index (χ0n) is 13.1. The van der Waals surface area contributed by atoms with E-state index in [1.807, 2.05) is 0 Å². The molecule has 1 atom stereocenters. The Hall–Kier alpha value is -0.0900. The van der Waals surface area contributed by atoms with E-state index in [4.69, 9.17) is 0 Å². The summed E-state index contributed by atoms with van der Waals surface area (Å²) in [5.41, 5.74) is 1.43. The van der Waals surface area contributed by atoms with Crippen molar-refractivity contribution in [1.82, 2.24) is 5.32 Å². The highest BCUT2D eigenvalue weighted by Gasteiger charge is 2.08. The Labute approximate surface area is 139 Å². The van der Waals surface area contributed by atoms with Crippen LogP contribution in [0.1, 0.15) is 76.3 Å². The van der Waals surface area contributed by atoms with Gasteiger partial charge in [-0.15, -0.1) is 0 Å². The van der Waals surface area contributed by atoms with E-state index in [0.717, 1.165) is 0 Å². The van der Waals surface area contributed by atoms with Gasteiger partial charge in [-0.05, 0) is 53.8 Å². The van der Waals surface area contributed by atoms with Crippen LogP contribution >= 0.6 is 22.6 Å². The van der Waals surface area contributed by atoms with Gasteiger partial charge in [0.15, 0.2) is 0 Å². The maximum atomic E-state index is 3.46. The lowest BCUT2D eigenvalue weighted by Crippen LogP contribution is -2.16. The number of nitrogens with one attached hydrogen (secondary N) is 1. The molecule has 0 saturated carbocycles. The number of unbranched alkanes of at least 4 members (excludes halogenated alkanes) is 7. The fourth-order valence-electron chi connectivity index (χ4n) is 2.68. The Bertz CT molecular complexity index is 351. The summed E-state index contributed by atoms with van der Waals surface area (Å²) in [6, 6.07) is 9.38. The first kappa shape index (κ1) is 18.0. The number of benzene rings is 1. The third-order valence-corrected chi connectivity index (χ3v) is 4.62. The van der Waals surface area contributed by atoms with E-state index in [1.54, 1.807) is 0 Å². The summed E-state index contributed by atoms with van der Waals surface area (Å²) in [5.74, 6) is 0. The highest BCUT2D eigenvalue weighted by molar-refractivity contribution is 14.1. The van der Waals surface area contributed by atoms with Crippen molar-refractivity contribution in [3.63, 3.8) is 0 Å². The van der Waals surface area contributed by atoms with E-state index in [0.29, 0.717) is 6.04 Å². The number of rotatable bonds is 11. The van der Waals surface area contributed by atoms with Crippen molar-refractivity contribution < 1.29 is 0 Å². The molecule has 1 unspecified atom stereocenters. The molecule has 1 rings (SSSR count). The first-order chi connectivity index (χ1) is 9.77. The van der Waals surface area contributed by atoms with E-state index >= 15 is 0 Å². The van der Waals surface area contributed by atoms with Gasteiger partial charge in [0.1, 0.15) is 0 Å². The highest BCUT2D eigenvalue weighted by atomic mass is 127. The molecular formula is C18H30IN. The lowest BCUT2D eigenvalue weighted by Gasteiger charge is -2.17. The SMILES string of the molecule is CCCCCCCCCCC(NC)c1cccc(I)c1. The molecule has 0 aliphatic carbocycles. The number of hydrogen-bond donors (Lipinski definition) is 1. The van der Waals surface area contributed by atoms with Crippen LogP contribution in [0.3, 0.4) is 0 Å². The Kier molecular flexibility index (Phi) is 10.4. The van der Waals surface area contributed by atoms with Gasteiger partial charge < -0.3 is 5.32 Å². The van der Waals surface area contributed by atoms with E-state index in [9.17, 15) is 0 Å². The summed E-state index contributed by atoms with van der Waals surface area (Å²) in [6.45, 7) is 2.28. The van der Waals surface area contributed by atoms with Crippen LogP contribution in [0.5, 0.6) is 0 Å². The summed E-state index contributed by atoms with van der Waals surface area (Å²) in [5, 5.41) is 3.46. The summed E-state index contributed by atoms with van der Waals surface area (Å²) in [6.07, 6.45) is 12.4. The summed E-state index contributed by atoms with van der Waals surface area (Å²) >= 11 is 2.39. The van der Waals surface area contributed by atoms with Crippen molar-refractivity contribution in [2.24, 2.45) is 0 Å². The van der Waals surface area contributed by atoms with Crippen LogP contribution in [0.15, 0.2) is 24.3 Å². The molecule has 0 heterocycles. The number of hydrogen-bond acceptors (Lipinski definition) is 1. The third kappa shape index (κ3) is 7.63. The molecule has 0 aliphatic heterocycles. The van der Waals surface area contributed by atoms with Gasteiger partial charge in [-0.2, -0.15) is 0 Å². The zero-order chi connectivity index (χ0) is 14.6. The van der Waals surface area contributed by atoms with Crippen LogP contribution in [0.2, 0.25) is 0 Å². The first-order valence-corrected chi connectivity index (χ1v) is 9.28. The Balaban J connectivity index is 2.16. The van der Waals surface area contributed by atoms with Crippen LogP contribution in [-0.2, 0) is 0 Å². The molecule has 0 fully saturated rings. The molecule has 114 valence electrons. The normalized spacial score (nSPS) is 12.6. The van der Waals surface area contributed by atoms with Gasteiger partial charge in [0.25, 0.3) is 0 Å². The largest absolute Gasteiger partial charge is 0.313 e. The molecule has 2 heteroatoms. The van der Waals surface area contributed by atoms with Gasteiger partial charge in [0.2, 0.25) is 0 Å². The first-order valence-electron chi connectivity index (χ1n) is 8.20. The van der Waals surface area contributed by atoms with Gasteiger partial charge in [0.05, 0.1) is 0 Å². The molecule has 1 nitrogen and oxygen atoms in total. The van der Waals surface area contributed by atoms with Gasteiger partial charge in [-0.1, -0.05) is 70.4 Å². The zero-order valence-corrected chi connectivity index (χ0v) is 15.3. The Morgan fingerprint density at radius 3 is 2.25 bits per heavy atom. The monoisotopic (exact) mass is 387 g/mol. The minimum atomic E-state index is 0.518. The summed E-state index contributed by atoms with van der Waals surface area (Å²) in [7, 11) is 2.08. The second-order valence-corrected chi connectivity index (χ2v) is 6.91. The van der Waals surface area contributed by atoms with E-state index < -0.39 is 0 Å². The van der Waals surface area contributed by atoms with Crippen LogP contribution in [0.25, 0.3) is 0 Å². The molecule has 20 heavy (non-hydrogen) atoms.